The number of hydrogen-bond acceptors (Lipinski definition) is 7. The predicted octanol–water partition coefficient (Wildman–Crippen LogP) is 3.30. The number of nitrogens with one attached hydrogen (secondary N) is 1. The van der Waals surface area contributed by atoms with Crippen LogP contribution in [0.1, 0.15) is 63.3 Å². The molecule has 38 heavy (non-hydrogen) atoms. The topological polar surface area (TPSA) is 122 Å². The van der Waals surface area contributed by atoms with Crippen molar-refractivity contribution in [2.45, 2.75) is 77.8 Å². The van der Waals surface area contributed by atoms with Gasteiger partial charge in [-0.1, -0.05) is 50.6 Å². The van der Waals surface area contributed by atoms with Crippen molar-refractivity contribution < 1.29 is 33.0 Å². The molecule has 0 radical (unpaired) electrons. The maximum Gasteiger partial charge on any atom is 0.329 e. The minimum atomic E-state index is -1.45. The molecule has 2 aliphatic heterocycles. The second-order valence-corrected chi connectivity index (χ2v) is 10.3. The number of esters is 1. The van der Waals surface area contributed by atoms with Crippen molar-refractivity contribution in [1.29, 1.82) is 0 Å². The molecule has 1 aromatic heterocycles. The lowest BCUT2D eigenvalue weighted by molar-refractivity contribution is -0.158. The van der Waals surface area contributed by atoms with Crippen LogP contribution in [0.15, 0.2) is 46.6 Å². The quantitative estimate of drug-likeness (QED) is 0.533. The van der Waals surface area contributed by atoms with E-state index < -0.39 is 36.3 Å². The van der Waals surface area contributed by atoms with Gasteiger partial charge in [0.25, 0.3) is 5.91 Å². The first-order valence-electron chi connectivity index (χ1n) is 13.1. The lowest BCUT2D eigenvalue weighted by atomic mass is 9.94. The summed E-state index contributed by atoms with van der Waals surface area (Å²) in [5.41, 5.74) is 0.710. The van der Waals surface area contributed by atoms with Crippen LogP contribution in [0.25, 0.3) is 0 Å². The van der Waals surface area contributed by atoms with Crippen molar-refractivity contribution in [3.8, 4) is 0 Å². The number of ether oxygens (including phenoxy) is 1. The molecular formula is C28H38FN3O6. The largest absolute Gasteiger partial charge is 0.460 e. The fraction of sp³-hybridized carbons (Fsp3) is 0.571. The molecule has 0 aromatic carbocycles. The van der Waals surface area contributed by atoms with E-state index in [9.17, 15) is 23.9 Å². The third-order valence-corrected chi connectivity index (χ3v) is 6.66. The molecule has 208 valence electrons. The summed E-state index contributed by atoms with van der Waals surface area (Å²) in [5.74, 6) is -1.51. The fourth-order valence-corrected chi connectivity index (χ4v) is 4.74. The third kappa shape index (κ3) is 8.11. The van der Waals surface area contributed by atoms with Crippen molar-refractivity contribution >= 4 is 17.8 Å². The summed E-state index contributed by atoms with van der Waals surface area (Å²) in [6.07, 6.45) is 7.01. The third-order valence-electron chi connectivity index (χ3n) is 6.66. The van der Waals surface area contributed by atoms with E-state index >= 15 is 0 Å². The van der Waals surface area contributed by atoms with E-state index in [1.165, 1.54) is 23.3 Å². The minimum absolute atomic E-state index is 0.00515. The smallest absolute Gasteiger partial charge is 0.329 e. The summed E-state index contributed by atoms with van der Waals surface area (Å²) in [6, 6.07) is -0.768. The maximum absolute atomic E-state index is 14.6. The highest BCUT2D eigenvalue weighted by Crippen LogP contribution is 2.25. The van der Waals surface area contributed by atoms with Gasteiger partial charge in [-0.2, -0.15) is 0 Å². The van der Waals surface area contributed by atoms with E-state index in [4.69, 9.17) is 9.15 Å². The van der Waals surface area contributed by atoms with Gasteiger partial charge in [0.15, 0.2) is 11.6 Å². The monoisotopic (exact) mass is 531 g/mol. The highest BCUT2D eigenvalue weighted by Gasteiger charge is 2.38. The molecule has 0 saturated carbocycles. The Hall–Kier alpha value is -3.27. The van der Waals surface area contributed by atoms with Crippen LogP contribution in [-0.2, 0) is 20.7 Å². The van der Waals surface area contributed by atoms with Crippen LogP contribution in [0.2, 0.25) is 0 Å². The van der Waals surface area contributed by atoms with E-state index in [0.29, 0.717) is 25.0 Å². The van der Waals surface area contributed by atoms with Gasteiger partial charge in [0.1, 0.15) is 24.6 Å². The number of carbonyl (C=O) groups excluding carboxylic acids is 3. The summed E-state index contributed by atoms with van der Waals surface area (Å²) < 4.78 is 25.8. The Morgan fingerprint density at radius 1 is 1.24 bits per heavy atom. The predicted molar refractivity (Wildman–Crippen MR) is 139 cm³/mol. The number of nitrogens with zero attached hydrogens (tertiary/aromatic N) is 2. The number of oxazole rings is 1. The Balaban J connectivity index is 1.85. The molecule has 2 bridgehead atoms. The number of allylic oxidation sites excluding steroid dienone is 2. The van der Waals surface area contributed by atoms with Crippen molar-refractivity contribution in [2.24, 2.45) is 11.8 Å². The average molecular weight is 532 g/mol. The van der Waals surface area contributed by atoms with Crippen LogP contribution in [-0.4, -0.2) is 70.3 Å². The van der Waals surface area contributed by atoms with Gasteiger partial charge in [-0.05, 0) is 31.8 Å². The number of rotatable bonds is 1. The zero-order chi connectivity index (χ0) is 27.8. The summed E-state index contributed by atoms with van der Waals surface area (Å²) in [7, 11) is 0. The molecule has 9 nitrogen and oxygen atoms in total. The second-order valence-electron chi connectivity index (χ2n) is 10.3. The molecule has 3 heterocycles. The summed E-state index contributed by atoms with van der Waals surface area (Å²) in [5, 5.41) is 13.0. The first-order valence-corrected chi connectivity index (χ1v) is 13.1. The number of aromatic nitrogens is 1. The van der Waals surface area contributed by atoms with Crippen molar-refractivity contribution in [2.75, 3.05) is 13.1 Å². The van der Waals surface area contributed by atoms with Crippen LogP contribution in [0.5, 0.6) is 0 Å². The summed E-state index contributed by atoms with van der Waals surface area (Å²) in [4.78, 5) is 44.1. The lowest BCUT2D eigenvalue weighted by Crippen LogP contribution is -2.44. The first-order chi connectivity index (χ1) is 18.0. The standard InChI is InChI=1S/C28H38FN3O6/c1-17(2)26-19(4)9-10-24(34)30-11-5-7-18(3)13-21(33)14-20(29)15-25-31-22(16-37-25)27(35)32-12-6-8-23(32)28(36)38-26/h5,7,9-10,13,16-17,19-21,23,26,33H,6,8,11-12,14-15H2,1-4H3,(H,30,34)/b7-5?,10-9+,18-13?/t19-,20-,21-,23-,26?/m1/s1. The van der Waals surface area contributed by atoms with E-state index in [1.807, 2.05) is 20.8 Å². The Kier molecular flexibility index (Phi) is 10.4. The normalized spacial score (nSPS) is 29.4. The zero-order valence-corrected chi connectivity index (χ0v) is 22.4. The van der Waals surface area contributed by atoms with Gasteiger partial charge in [-0.15, -0.1) is 0 Å². The van der Waals surface area contributed by atoms with Gasteiger partial charge in [0, 0.05) is 25.4 Å². The minimum Gasteiger partial charge on any atom is -0.460 e. The molecule has 3 rings (SSSR count). The number of fused-ring (bicyclic) bond motifs is 3. The molecule has 1 fully saturated rings. The Labute approximate surface area is 222 Å². The molecule has 1 saturated heterocycles. The van der Waals surface area contributed by atoms with Crippen LogP contribution < -0.4 is 5.32 Å². The van der Waals surface area contributed by atoms with Crippen LogP contribution >= 0.6 is 0 Å². The average Bonchev–Trinajstić information content (AvgIpc) is 3.52. The van der Waals surface area contributed by atoms with Gasteiger partial charge in [-0.25, -0.2) is 14.2 Å². The van der Waals surface area contributed by atoms with Gasteiger partial charge >= 0.3 is 5.97 Å². The van der Waals surface area contributed by atoms with Crippen LogP contribution in [0.3, 0.4) is 0 Å². The lowest BCUT2D eigenvalue weighted by Gasteiger charge is -2.29. The zero-order valence-electron chi connectivity index (χ0n) is 22.4. The van der Waals surface area contributed by atoms with E-state index in [2.05, 4.69) is 10.3 Å². The number of halogens is 1. The number of hydrogen-bond donors (Lipinski definition) is 2. The molecule has 0 spiro atoms. The van der Waals surface area contributed by atoms with Crippen LogP contribution in [0.4, 0.5) is 4.39 Å². The van der Waals surface area contributed by atoms with Gasteiger partial charge in [-0.3, -0.25) is 9.59 Å². The second kappa shape index (κ2) is 13.5. The summed E-state index contributed by atoms with van der Waals surface area (Å²) >= 11 is 0. The van der Waals surface area contributed by atoms with Crippen molar-refractivity contribution in [3.05, 3.63) is 53.8 Å². The number of amides is 2. The van der Waals surface area contributed by atoms with Gasteiger partial charge in [0.05, 0.1) is 12.5 Å². The SMILES string of the molecule is CC1=C[C@@H](O)C[C@@H](F)Cc2nc(co2)C(=O)N2CCC[C@@H]2C(=O)OC(C(C)C)[C@H](C)/C=C/C(=O)NCC=C1. The molecule has 10 heteroatoms. The maximum atomic E-state index is 14.6. The molecule has 1 aromatic rings. The fourth-order valence-electron chi connectivity index (χ4n) is 4.74. The van der Waals surface area contributed by atoms with Crippen LogP contribution in [0, 0.1) is 11.8 Å². The summed E-state index contributed by atoms with van der Waals surface area (Å²) in [6.45, 7) is 8.13. The first kappa shape index (κ1) is 29.3. The molecule has 2 N–H and O–H groups in total. The molecule has 5 atom stereocenters. The highest BCUT2D eigenvalue weighted by atomic mass is 19.1. The molecule has 0 aliphatic carbocycles. The van der Waals surface area contributed by atoms with Crippen molar-refractivity contribution in [3.63, 3.8) is 0 Å². The molecule has 2 aliphatic rings. The Morgan fingerprint density at radius 2 is 2.00 bits per heavy atom. The van der Waals surface area contributed by atoms with Crippen molar-refractivity contribution in [1.82, 2.24) is 15.2 Å². The number of cyclic esters (lactones) is 1. The molecule has 2 amide bonds. The van der Waals surface area contributed by atoms with Gasteiger partial charge < -0.3 is 24.5 Å². The van der Waals surface area contributed by atoms with E-state index in [1.54, 1.807) is 25.2 Å². The number of carbonyl (C=O) groups is 3. The molecule has 1 unspecified atom stereocenters. The molecular weight excluding hydrogens is 493 g/mol. The number of aliphatic hydroxyl groups excluding tert-OH is 1. The van der Waals surface area contributed by atoms with E-state index in [0.717, 1.165) is 0 Å². The number of alkyl halides is 1. The van der Waals surface area contributed by atoms with E-state index in [-0.39, 0.29) is 48.7 Å². The number of aliphatic hydroxyl groups is 1. The highest BCUT2D eigenvalue weighted by molar-refractivity contribution is 5.95. The van der Waals surface area contributed by atoms with Gasteiger partial charge in [0.2, 0.25) is 5.91 Å². The Morgan fingerprint density at radius 3 is 2.74 bits per heavy atom. The Bertz CT molecular complexity index is 1080.